The van der Waals surface area contributed by atoms with Gasteiger partial charge < -0.3 is 0 Å². The van der Waals surface area contributed by atoms with Crippen molar-refractivity contribution < 1.29 is 13.2 Å². The van der Waals surface area contributed by atoms with E-state index in [-0.39, 0.29) is 0 Å². The molecule has 0 fully saturated rings. The van der Waals surface area contributed by atoms with Gasteiger partial charge in [-0.3, -0.25) is 4.57 Å². The lowest BCUT2D eigenvalue weighted by Crippen LogP contribution is -2.23. The van der Waals surface area contributed by atoms with E-state index in [4.69, 9.17) is 0 Å². The first-order valence-electron chi connectivity index (χ1n) is 2.59. The normalized spacial score (nSPS) is 11.9. The first-order chi connectivity index (χ1) is 4.67. The van der Waals surface area contributed by atoms with Crippen LogP contribution in [0.3, 0.4) is 0 Å². The second-order valence-corrected chi connectivity index (χ2v) is 1.77. The van der Waals surface area contributed by atoms with Crippen molar-refractivity contribution in [1.29, 1.82) is 0 Å². The van der Waals surface area contributed by atoms with E-state index in [1.54, 1.807) is 0 Å². The zero-order valence-electron chi connectivity index (χ0n) is 4.97. The van der Waals surface area contributed by atoms with Gasteiger partial charge in [-0.25, -0.2) is 9.37 Å². The van der Waals surface area contributed by atoms with Gasteiger partial charge in [0.1, 0.15) is 0 Å². The van der Waals surface area contributed by atoms with Gasteiger partial charge in [-0.2, -0.15) is 8.78 Å². The number of alkyl halides is 3. The molecule has 0 atom stereocenters. The Hall–Kier alpha value is -1.00. The Labute approximate surface area is 55.3 Å². The lowest BCUT2D eigenvalue weighted by molar-refractivity contribution is -0.0992. The summed E-state index contributed by atoms with van der Waals surface area (Å²) in [6, 6.07) is -3.45. The minimum Gasteiger partial charge on any atom is -0.275 e. The Balaban J connectivity index is 2.85. The zero-order valence-corrected chi connectivity index (χ0v) is 4.97. The molecule has 2 nitrogen and oxygen atoms in total. The lowest BCUT2D eigenvalue weighted by Gasteiger charge is -2.11. The molecular formula is C5H5F3N2. The van der Waals surface area contributed by atoms with E-state index in [9.17, 15) is 13.2 Å². The molecule has 0 aliphatic rings. The van der Waals surface area contributed by atoms with Crippen LogP contribution < -0.4 is 0 Å². The van der Waals surface area contributed by atoms with E-state index >= 15 is 0 Å². The third-order valence-corrected chi connectivity index (χ3v) is 1.04. The molecular weight excluding hydrogens is 145 g/mol. The first-order valence-corrected chi connectivity index (χ1v) is 2.59. The molecule has 0 aromatic carbocycles. The van der Waals surface area contributed by atoms with Crippen LogP contribution in [-0.4, -0.2) is 16.2 Å². The highest BCUT2D eigenvalue weighted by Gasteiger charge is 2.30. The maximum atomic E-state index is 12.3. The summed E-state index contributed by atoms with van der Waals surface area (Å²) in [6.07, 6.45) is 3.06. The van der Waals surface area contributed by atoms with Gasteiger partial charge in [0, 0.05) is 12.4 Å². The molecule has 1 aromatic rings. The highest BCUT2D eigenvalue weighted by Crippen LogP contribution is 2.19. The Morgan fingerprint density at radius 2 is 2.20 bits per heavy atom. The van der Waals surface area contributed by atoms with Crippen LogP contribution in [0.4, 0.5) is 13.2 Å². The molecule has 1 heterocycles. The van der Waals surface area contributed by atoms with Crippen LogP contribution in [0.5, 0.6) is 0 Å². The number of imidazole rings is 1. The number of rotatable bonds is 2. The molecule has 56 valence electrons. The Kier molecular flexibility index (Phi) is 1.65. The van der Waals surface area contributed by atoms with Crippen LogP contribution in [0.15, 0.2) is 18.7 Å². The largest absolute Gasteiger partial charge is 0.358 e. The lowest BCUT2D eigenvalue weighted by atomic mass is 10.6. The molecule has 0 N–H and O–H groups in total. The fourth-order valence-electron chi connectivity index (χ4n) is 0.522. The molecule has 0 aliphatic carbocycles. The highest BCUT2D eigenvalue weighted by atomic mass is 19.3. The number of hydrogen-bond donors (Lipinski definition) is 0. The van der Waals surface area contributed by atoms with Gasteiger partial charge in [-0.05, 0) is 0 Å². The molecule has 0 unspecified atom stereocenters. The summed E-state index contributed by atoms with van der Waals surface area (Å²) in [6.45, 7) is -1.70. The molecule has 0 spiro atoms. The topological polar surface area (TPSA) is 17.8 Å². The summed E-state index contributed by atoms with van der Waals surface area (Å²) in [7, 11) is 0. The van der Waals surface area contributed by atoms with Crippen molar-refractivity contribution in [3.63, 3.8) is 0 Å². The van der Waals surface area contributed by atoms with Crippen LogP contribution in [0.1, 0.15) is 0 Å². The number of aromatic nitrogens is 2. The van der Waals surface area contributed by atoms with Crippen molar-refractivity contribution in [2.45, 2.75) is 6.05 Å². The standard InChI is InChI=1S/C5H5F3N2/c6-3-5(7,8)10-2-1-9-4-10/h1-2,4H,3H2. The summed E-state index contributed by atoms with van der Waals surface area (Å²) in [5.74, 6) is 0. The molecule has 10 heavy (non-hydrogen) atoms. The molecule has 0 radical (unpaired) electrons. The third kappa shape index (κ3) is 1.12. The summed E-state index contributed by atoms with van der Waals surface area (Å²) < 4.78 is 36.5. The molecule has 5 heteroatoms. The van der Waals surface area contributed by atoms with E-state index in [0.717, 1.165) is 12.5 Å². The average molecular weight is 150 g/mol. The maximum absolute atomic E-state index is 12.3. The van der Waals surface area contributed by atoms with Crippen molar-refractivity contribution in [3.8, 4) is 0 Å². The second-order valence-electron chi connectivity index (χ2n) is 1.77. The maximum Gasteiger partial charge on any atom is 0.358 e. The van der Waals surface area contributed by atoms with Crippen LogP contribution in [0, 0.1) is 0 Å². The number of hydrogen-bond acceptors (Lipinski definition) is 1. The van der Waals surface area contributed by atoms with Crippen molar-refractivity contribution in [2.75, 3.05) is 6.67 Å². The third-order valence-electron chi connectivity index (χ3n) is 1.04. The molecule has 0 saturated heterocycles. The minimum absolute atomic E-state index is 0.424. The quantitative estimate of drug-likeness (QED) is 0.623. The zero-order chi connectivity index (χ0) is 7.61. The average Bonchev–Trinajstić information content (AvgIpc) is 2.38. The van der Waals surface area contributed by atoms with Gasteiger partial charge in [0.2, 0.25) is 0 Å². The van der Waals surface area contributed by atoms with Gasteiger partial charge in [0.15, 0.2) is 6.67 Å². The minimum atomic E-state index is -3.45. The van der Waals surface area contributed by atoms with E-state index in [1.165, 1.54) is 6.20 Å². The molecule has 0 bridgehead atoms. The van der Waals surface area contributed by atoms with E-state index in [0.29, 0.717) is 4.57 Å². The fraction of sp³-hybridized carbons (Fsp3) is 0.400. The van der Waals surface area contributed by atoms with Gasteiger partial charge >= 0.3 is 6.05 Å². The van der Waals surface area contributed by atoms with Crippen LogP contribution >= 0.6 is 0 Å². The van der Waals surface area contributed by atoms with Crippen LogP contribution in [-0.2, 0) is 6.05 Å². The Morgan fingerprint density at radius 1 is 1.50 bits per heavy atom. The van der Waals surface area contributed by atoms with Gasteiger partial charge in [-0.15, -0.1) is 0 Å². The highest BCUT2D eigenvalue weighted by molar-refractivity contribution is 4.79. The number of halogens is 3. The van der Waals surface area contributed by atoms with Gasteiger partial charge in [-0.1, -0.05) is 0 Å². The Bertz CT molecular complexity index is 195. The molecule has 1 aromatic heterocycles. The summed E-state index contributed by atoms with van der Waals surface area (Å²) >= 11 is 0. The van der Waals surface area contributed by atoms with Crippen molar-refractivity contribution in [3.05, 3.63) is 18.7 Å². The second kappa shape index (κ2) is 2.32. The smallest absolute Gasteiger partial charge is 0.275 e. The summed E-state index contributed by atoms with van der Waals surface area (Å²) in [4.78, 5) is 3.35. The van der Waals surface area contributed by atoms with E-state index in [2.05, 4.69) is 4.98 Å². The van der Waals surface area contributed by atoms with Crippen LogP contribution in [0.25, 0.3) is 0 Å². The Morgan fingerprint density at radius 3 is 2.60 bits per heavy atom. The SMILES string of the molecule is FCC(F)(F)n1ccnc1. The predicted molar refractivity (Wildman–Crippen MR) is 28.4 cm³/mol. The fourth-order valence-corrected chi connectivity index (χ4v) is 0.522. The summed E-state index contributed by atoms with van der Waals surface area (Å²) in [5, 5.41) is 0. The van der Waals surface area contributed by atoms with Crippen molar-refractivity contribution in [2.24, 2.45) is 0 Å². The predicted octanol–water partition coefficient (Wildman–Crippen LogP) is 1.40. The van der Waals surface area contributed by atoms with Gasteiger partial charge in [0.05, 0.1) is 6.33 Å². The van der Waals surface area contributed by atoms with Gasteiger partial charge in [0.25, 0.3) is 0 Å². The first kappa shape index (κ1) is 7.11. The molecule has 0 aliphatic heterocycles. The van der Waals surface area contributed by atoms with Crippen LogP contribution in [0.2, 0.25) is 0 Å². The van der Waals surface area contributed by atoms with E-state index < -0.39 is 12.7 Å². The monoisotopic (exact) mass is 150 g/mol. The molecule has 0 saturated carbocycles. The number of nitrogens with zero attached hydrogens (tertiary/aromatic N) is 2. The summed E-state index contributed by atoms with van der Waals surface area (Å²) in [5.41, 5.74) is 0. The molecule has 1 rings (SSSR count). The van der Waals surface area contributed by atoms with E-state index in [1.807, 2.05) is 0 Å². The van der Waals surface area contributed by atoms with Crippen molar-refractivity contribution in [1.82, 2.24) is 9.55 Å². The van der Waals surface area contributed by atoms with Crippen molar-refractivity contribution >= 4 is 0 Å². The molecule has 0 amide bonds.